The number of nitrogens with one attached hydrogen (secondary N) is 1. The zero-order chi connectivity index (χ0) is 17.9. The number of hydrogen-bond donors (Lipinski definition) is 1. The maximum absolute atomic E-state index is 12.5. The lowest BCUT2D eigenvalue weighted by Gasteiger charge is -2.32. The van der Waals surface area contributed by atoms with Crippen molar-refractivity contribution in [2.45, 2.75) is 38.1 Å². The lowest BCUT2D eigenvalue weighted by Crippen LogP contribution is -2.41. The third-order valence-corrected chi connectivity index (χ3v) is 5.52. The number of amides is 1. The molecule has 1 amide bonds. The Morgan fingerprint density at radius 2 is 2.19 bits per heavy atom. The Morgan fingerprint density at radius 1 is 1.31 bits per heavy atom. The Hall–Kier alpha value is -2.21. The highest BCUT2D eigenvalue weighted by atomic mass is 16.1. The van der Waals surface area contributed by atoms with E-state index in [1.165, 1.54) is 18.4 Å². The number of aromatic nitrogens is 3. The molecule has 1 aromatic heterocycles. The van der Waals surface area contributed by atoms with Crippen LogP contribution in [0.25, 0.3) is 0 Å². The topological polar surface area (TPSA) is 63.1 Å². The molecule has 1 saturated heterocycles. The van der Waals surface area contributed by atoms with Crippen LogP contribution in [0.15, 0.2) is 30.6 Å². The van der Waals surface area contributed by atoms with E-state index in [0.717, 1.165) is 50.4 Å². The molecule has 1 atom stereocenters. The zero-order valence-electron chi connectivity index (χ0n) is 15.4. The van der Waals surface area contributed by atoms with Crippen LogP contribution in [0.5, 0.6) is 0 Å². The molecule has 1 N–H and O–H groups in total. The molecule has 138 valence electrons. The summed E-state index contributed by atoms with van der Waals surface area (Å²) in [5.74, 6) is 2.22. The van der Waals surface area contributed by atoms with Crippen molar-refractivity contribution in [1.82, 2.24) is 25.0 Å². The van der Waals surface area contributed by atoms with Crippen LogP contribution in [-0.2, 0) is 13.6 Å². The number of nitrogens with zero attached hydrogens (tertiary/aromatic N) is 4. The van der Waals surface area contributed by atoms with Crippen LogP contribution in [0.2, 0.25) is 0 Å². The summed E-state index contributed by atoms with van der Waals surface area (Å²) in [5.41, 5.74) is 2.10. The van der Waals surface area contributed by atoms with Crippen molar-refractivity contribution in [2.24, 2.45) is 13.0 Å². The Bertz CT molecular complexity index is 767. The summed E-state index contributed by atoms with van der Waals surface area (Å²) in [6.45, 7) is 3.64. The molecular formula is C20H27N5O. The number of hydrogen-bond acceptors (Lipinski definition) is 4. The second-order valence-electron chi connectivity index (χ2n) is 7.71. The molecule has 2 heterocycles. The summed E-state index contributed by atoms with van der Waals surface area (Å²) in [7, 11) is 1.98. The summed E-state index contributed by atoms with van der Waals surface area (Å²) in [6, 6.07) is 8.13. The van der Waals surface area contributed by atoms with Crippen LogP contribution in [0, 0.1) is 5.92 Å². The molecule has 2 fully saturated rings. The molecule has 0 bridgehead atoms. The predicted octanol–water partition coefficient (Wildman–Crippen LogP) is 2.33. The van der Waals surface area contributed by atoms with Crippen molar-refractivity contribution < 1.29 is 4.79 Å². The van der Waals surface area contributed by atoms with Gasteiger partial charge in [-0.2, -0.15) is 0 Å². The summed E-state index contributed by atoms with van der Waals surface area (Å²) in [5, 5.41) is 11.3. The molecule has 6 heteroatoms. The largest absolute Gasteiger partial charge is 0.352 e. The van der Waals surface area contributed by atoms with Gasteiger partial charge in [-0.25, -0.2) is 0 Å². The zero-order valence-corrected chi connectivity index (χ0v) is 15.4. The maximum Gasteiger partial charge on any atom is 0.251 e. The van der Waals surface area contributed by atoms with Crippen molar-refractivity contribution in [2.75, 3.05) is 19.6 Å². The van der Waals surface area contributed by atoms with Crippen LogP contribution >= 0.6 is 0 Å². The summed E-state index contributed by atoms with van der Waals surface area (Å²) < 4.78 is 1.97. The molecule has 1 aliphatic heterocycles. The number of rotatable bonds is 6. The molecule has 1 aliphatic carbocycles. The summed E-state index contributed by atoms with van der Waals surface area (Å²) in [4.78, 5) is 14.9. The average Bonchev–Trinajstić information content (AvgIpc) is 3.44. The van der Waals surface area contributed by atoms with Gasteiger partial charge in [-0.1, -0.05) is 12.1 Å². The second kappa shape index (κ2) is 7.58. The normalized spacial score (nSPS) is 20.9. The third kappa shape index (κ3) is 4.12. The minimum Gasteiger partial charge on any atom is -0.352 e. The Morgan fingerprint density at radius 3 is 2.96 bits per heavy atom. The molecule has 1 aromatic carbocycles. The first-order chi connectivity index (χ1) is 12.7. The minimum atomic E-state index is 0.0536. The van der Waals surface area contributed by atoms with Crippen LogP contribution < -0.4 is 5.32 Å². The van der Waals surface area contributed by atoms with E-state index in [1.807, 2.05) is 23.7 Å². The molecule has 6 nitrogen and oxygen atoms in total. The van der Waals surface area contributed by atoms with Crippen molar-refractivity contribution in [3.05, 3.63) is 47.5 Å². The fraction of sp³-hybridized carbons (Fsp3) is 0.550. The van der Waals surface area contributed by atoms with E-state index >= 15 is 0 Å². The van der Waals surface area contributed by atoms with Gasteiger partial charge in [0.05, 0.1) is 6.54 Å². The van der Waals surface area contributed by atoms with Crippen LogP contribution in [-0.4, -0.2) is 45.2 Å². The van der Waals surface area contributed by atoms with Crippen molar-refractivity contribution in [3.63, 3.8) is 0 Å². The number of likely N-dealkylation sites (tertiary alicyclic amines) is 1. The molecule has 2 aliphatic rings. The summed E-state index contributed by atoms with van der Waals surface area (Å²) >= 11 is 0. The van der Waals surface area contributed by atoms with Crippen LogP contribution in [0.1, 0.15) is 53.3 Å². The van der Waals surface area contributed by atoms with Gasteiger partial charge in [-0.3, -0.25) is 9.69 Å². The van der Waals surface area contributed by atoms with Crippen LogP contribution in [0.4, 0.5) is 0 Å². The van der Waals surface area contributed by atoms with E-state index in [4.69, 9.17) is 0 Å². The van der Waals surface area contributed by atoms with Crippen molar-refractivity contribution >= 4 is 5.91 Å². The lowest BCUT2D eigenvalue weighted by molar-refractivity contribution is 0.0929. The molecule has 2 aromatic rings. The molecular weight excluding hydrogens is 326 g/mol. The van der Waals surface area contributed by atoms with E-state index in [-0.39, 0.29) is 5.91 Å². The molecule has 1 saturated carbocycles. The van der Waals surface area contributed by atoms with Gasteiger partial charge in [0.15, 0.2) is 0 Å². The molecule has 0 spiro atoms. The Kier molecular flexibility index (Phi) is 5.02. The number of carbonyl (C=O) groups is 1. The van der Waals surface area contributed by atoms with E-state index in [0.29, 0.717) is 11.8 Å². The molecule has 0 radical (unpaired) electrons. The number of benzene rings is 1. The molecule has 26 heavy (non-hydrogen) atoms. The lowest BCUT2D eigenvalue weighted by atomic mass is 9.97. The molecule has 4 rings (SSSR count). The van der Waals surface area contributed by atoms with Crippen LogP contribution in [0.3, 0.4) is 0 Å². The SMILES string of the molecule is Cn1cnnc1CN1CCCC(CNC(=O)c2cccc(C3CC3)c2)C1. The van der Waals surface area contributed by atoms with Crippen molar-refractivity contribution in [3.8, 4) is 0 Å². The average molecular weight is 353 g/mol. The maximum atomic E-state index is 12.5. The van der Waals surface area contributed by atoms with Crippen molar-refractivity contribution in [1.29, 1.82) is 0 Å². The highest BCUT2D eigenvalue weighted by molar-refractivity contribution is 5.94. The Balaban J connectivity index is 1.29. The van der Waals surface area contributed by atoms with E-state index in [1.54, 1.807) is 6.33 Å². The van der Waals surface area contributed by atoms with Gasteiger partial charge in [0, 0.05) is 25.7 Å². The van der Waals surface area contributed by atoms with Gasteiger partial charge >= 0.3 is 0 Å². The second-order valence-corrected chi connectivity index (χ2v) is 7.71. The third-order valence-electron chi connectivity index (χ3n) is 5.52. The fourth-order valence-corrected chi connectivity index (χ4v) is 3.80. The van der Waals surface area contributed by atoms with E-state index in [9.17, 15) is 4.79 Å². The monoisotopic (exact) mass is 353 g/mol. The van der Waals surface area contributed by atoms with Gasteiger partial charge < -0.3 is 9.88 Å². The van der Waals surface area contributed by atoms with Gasteiger partial charge in [-0.15, -0.1) is 10.2 Å². The quantitative estimate of drug-likeness (QED) is 0.866. The minimum absolute atomic E-state index is 0.0536. The van der Waals surface area contributed by atoms with Gasteiger partial charge in [0.1, 0.15) is 12.2 Å². The highest BCUT2D eigenvalue weighted by Gasteiger charge is 2.25. The van der Waals surface area contributed by atoms with E-state index < -0.39 is 0 Å². The van der Waals surface area contributed by atoms with Gasteiger partial charge in [0.2, 0.25) is 0 Å². The summed E-state index contributed by atoms with van der Waals surface area (Å²) in [6.07, 6.45) is 6.59. The Labute approximate surface area is 154 Å². The predicted molar refractivity (Wildman–Crippen MR) is 99.8 cm³/mol. The van der Waals surface area contributed by atoms with E-state index in [2.05, 4.69) is 32.5 Å². The first-order valence-corrected chi connectivity index (χ1v) is 9.62. The number of aryl methyl sites for hydroxylation is 1. The van der Waals surface area contributed by atoms with Gasteiger partial charge in [0.25, 0.3) is 5.91 Å². The first kappa shape index (κ1) is 17.2. The fourth-order valence-electron chi connectivity index (χ4n) is 3.80. The number of piperidine rings is 1. The van der Waals surface area contributed by atoms with Gasteiger partial charge in [-0.05, 0) is 61.8 Å². The molecule has 1 unspecified atom stereocenters. The first-order valence-electron chi connectivity index (χ1n) is 9.62. The highest BCUT2D eigenvalue weighted by Crippen LogP contribution is 2.40. The standard InChI is InChI=1S/C20H27N5O/c1-24-14-22-23-19(24)13-25-9-3-4-15(12-25)11-21-20(26)18-6-2-5-17(10-18)16-7-8-16/h2,5-6,10,14-16H,3-4,7-9,11-13H2,1H3,(H,21,26). The number of carbonyl (C=O) groups excluding carboxylic acids is 1. The smallest absolute Gasteiger partial charge is 0.251 e.